The monoisotopic (exact) mass is 296 g/mol. The van der Waals surface area contributed by atoms with Gasteiger partial charge in [-0.2, -0.15) is 0 Å². The molecule has 21 heavy (non-hydrogen) atoms. The smallest absolute Gasteiger partial charge is 0.307 e. The van der Waals surface area contributed by atoms with Crippen LogP contribution in [0.1, 0.15) is 33.6 Å². The van der Waals surface area contributed by atoms with Gasteiger partial charge >= 0.3 is 5.97 Å². The van der Waals surface area contributed by atoms with E-state index in [9.17, 15) is 14.4 Å². The van der Waals surface area contributed by atoms with Crippen molar-refractivity contribution in [2.75, 3.05) is 19.6 Å². The van der Waals surface area contributed by atoms with Crippen molar-refractivity contribution in [2.24, 2.45) is 23.2 Å². The van der Waals surface area contributed by atoms with Gasteiger partial charge in [-0.05, 0) is 25.2 Å². The summed E-state index contributed by atoms with van der Waals surface area (Å²) in [7, 11) is 0. The number of amides is 2. The van der Waals surface area contributed by atoms with Crippen molar-refractivity contribution in [3.63, 3.8) is 0 Å². The van der Waals surface area contributed by atoms with Crippen LogP contribution in [0.4, 0.5) is 0 Å². The van der Waals surface area contributed by atoms with Gasteiger partial charge in [0.25, 0.3) is 0 Å². The number of nitrogens with zero attached hydrogens (tertiary/aromatic N) is 1. The zero-order valence-electron chi connectivity index (χ0n) is 12.9. The molecule has 1 saturated carbocycles. The molecule has 118 valence electrons. The first-order chi connectivity index (χ1) is 9.80. The fraction of sp³-hybridized carbons (Fsp3) is 0.800. The van der Waals surface area contributed by atoms with E-state index in [4.69, 9.17) is 5.11 Å². The van der Waals surface area contributed by atoms with Crippen LogP contribution in [0.3, 0.4) is 0 Å². The molecule has 2 aliphatic rings. The Morgan fingerprint density at radius 1 is 1.19 bits per heavy atom. The second kappa shape index (κ2) is 5.66. The number of hydrogen-bond acceptors (Lipinski definition) is 3. The molecule has 6 nitrogen and oxygen atoms in total. The minimum absolute atomic E-state index is 0.0310. The predicted molar refractivity (Wildman–Crippen MR) is 76.4 cm³/mol. The highest BCUT2D eigenvalue weighted by Crippen LogP contribution is 2.59. The Morgan fingerprint density at radius 3 is 2.19 bits per heavy atom. The molecular weight excluding hydrogens is 272 g/mol. The predicted octanol–water partition coefficient (Wildman–Crippen LogP) is 0.718. The third-order valence-corrected chi connectivity index (χ3v) is 4.89. The van der Waals surface area contributed by atoms with Gasteiger partial charge in [-0.15, -0.1) is 0 Å². The van der Waals surface area contributed by atoms with Crippen LogP contribution in [-0.4, -0.2) is 47.4 Å². The highest BCUT2D eigenvalue weighted by atomic mass is 16.4. The van der Waals surface area contributed by atoms with Gasteiger partial charge in [-0.25, -0.2) is 0 Å². The van der Waals surface area contributed by atoms with E-state index in [0.717, 1.165) is 0 Å². The third kappa shape index (κ3) is 2.89. The van der Waals surface area contributed by atoms with Gasteiger partial charge in [0.15, 0.2) is 0 Å². The molecule has 1 heterocycles. The van der Waals surface area contributed by atoms with Crippen molar-refractivity contribution in [3.8, 4) is 0 Å². The Morgan fingerprint density at radius 2 is 1.76 bits per heavy atom. The average molecular weight is 296 g/mol. The molecule has 0 bridgehead atoms. The van der Waals surface area contributed by atoms with Crippen molar-refractivity contribution >= 4 is 17.8 Å². The summed E-state index contributed by atoms with van der Waals surface area (Å²) >= 11 is 0. The number of rotatable bonds is 4. The minimum Gasteiger partial charge on any atom is -0.481 e. The Kier molecular flexibility index (Phi) is 4.25. The topological polar surface area (TPSA) is 86.7 Å². The number of carboxylic acid groups (broad SMARTS) is 1. The lowest BCUT2D eigenvalue weighted by molar-refractivity contribution is -0.142. The summed E-state index contributed by atoms with van der Waals surface area (Å²) in [5.41, 5.74) is -0.459. The van der Waals surface area contributed by atoms with Gasteiger partial charge in [0.2, 0.25) is 11.8 Å². The van der Waals surface area contributed by atoms with Gasteiger partial charge in [0.1, 0.15) is 0 Å². The molecule has 1 aliphatic heterocycles. The van der Waals surface area contributed by atoms with Gasteiger partial charge in [-0.1, -0.05) is 13.8 Å². The lowest BCUT2D eigenvalue weighted by Gasteiger charge is -2.31. The van der Waals surface area contributed by atoms with E-state index in [2.05, 4.69) is 5.32 Å². The zero-order chi connectivity index (χ0) is 15.8. The van der Waals surface area contributed by atoms with Crippen LogP contribution >= 0.6 is 0 Å². The zero-order valence-corrected chi connectivity index (χ0v) is 12.9. The maximum Gasteiger partial charge on any atom is 0.307 e. The van der Waals surface area contributed by atoms with E-state index in [1.165, 1.54) is 0 Å². The second-order valence-electron chi connectivity index (χ2n) is 6.61. The summed E-state index contributed by atoms with van der Waals surface area (Å²) in [6, 6.07) is 0. The molecule has 6 heteroatoms. The SMILES string of the molecule is CCNC(=O)C1CCN(C(=O)[C@H]2[C@@H](C(=O)O)C2(C)C)CC1. The van der Waals surface area contributed by atoms with Crippen molar-refractivity contribution in [3.05, 3.63) is 0 Å². The van der Waals surface area contributed by atoms with Crippen LogP contribution in [0.25, 0.3) is 0 Å². The van der Waals surface area contributed by atoms with Crippen molar-refractivity contribution < 1.29 is 19.5 Å². The lowest BCUT2D eigenvalue weighted by Crippen LogP contribution is -2.44. The number of carboxylic acids is 1. The first kappa shape index (κ1) is 15.8. The largest absolute Gasteiger partial charge is 0.481 e. The number of piperidine rings is 1. The Labute approximate surface area is 124 Å². The van der Waals surface area contributed by atoms with Crippen LogP contribution in [0.15, 0.2) is 0 Å². The number of carbonyl (C=O) groups is 3. The van der Waals surface area contributed by atoms with Crippen molar-refractivity contribution in [2.45, 2.75) is 33.6 Å². The Balaban J connectivity index is 1.90. The summed E-state index contributed by atoms with van der Waals surface area (Å²) in [4.78, 5) is 37.1. The number of nitrogens with one attached hydrogen (secondary N) is 1. The van der Waals surface area contributed by atoms with E-state index in [1.807, 2.05) is 20.8 Å². The standard InChI is InChI=1S/C15H24N2O4/c1-4-16-12(18)9-5-7-17(8-6-9)13(19)10-11(14(20)21)15(10,2)3/h9-11H,4-8H2,1-3H3,(H,16,18)(H,20,21)/t10-,11+/m1/s1. The van der Waals surface area contributed by atoms with E-state index in [-0.39, 0.29) is 17.7 Å². The molecule has 0 aromatic carbocycles. The minimum atomic E-state index is -0.893. The molecule has 0 spiro atoms. The average Bonchev–Trinajstić information content (AvgIpc) is 3.01. The third-order valence-electron chi connectivity index (χ3n) is 4.89. The van der Waals surface area contributed by atoms with E-state index < -0.39 is 23.2 Å². The number of likely N-dealkylation sites (tertiary alicyclic amines) is 1. The summed E-state index contributed by atoms with van der Waals surface area (Å²) in [5.74, 6) is -1.93. The summed E-state index contributed by atoms with van der Waals surface area (Å²) < 4.78 is 0. The maximum absolute atomic E-state index is 12.5. The highest BCUT2D eigenvalue weighted by molar-refractivity contribution is 5.91. The van der Waals surface area contributed by atoms with Gasteiger partial charge in [-0.3, -0.25) is 14.4 Å². The van der Waals surface area contributed by atoms with Gasteiger partial charge in [0, 0.05) is 25.6 Å². The molecule has 0 aromatic heterocycles. The van der Waals surface area contributed by atoms with Crippen LogP contribution in [-0.2, 0) is 14.4 Å². The van der Waals surface area contributed by atoms with E-state index in [0.29, 0.717) is 32.5 Å². The summed E-state index contributed by atoms with van der Waals surface area (Å²) in [6.07, 6.45) is 1.31. The Bertz CT molecular complexity index is 453. The first-order valence-corrected chi connectivity index (χ1v) is 7.60. The quantitative estimate of drug-likeness (QED) is 0.800. The van der Waals surface area contributed by atoms with Crippen LogP contribution < -0.4 is 5.32 Å². The van der Waals surface area contributed by atoms with Gasteiger partial charge < -0.3 is 15.3 Å². The highest BCUT2D eigenvalue weighted by Gasteiger charge is 2.66. The second-order valence-corrected chi connectivity index (χ2v) is 6.61. The van der Waals surface area contributed by atoms with Crippen molar-refractivity contribution in [1.82, 2.24) is 10.2 Å². The molecule has 0 unspecified atom stereocenters. The molecule has 2 amide bonds. The van der Waals surface area contributed by atoms with Crippen molar-refractivity contribution in [1.29, 1.82) is 0 Å². The van der Waals surface area contributed by atoms with E-state index >= 15 is 0 Å². The molecule has 2 fully saturated rings. The number of aliphatic carboxylic acids is 1. The number of hydrogen-bond donors (Lipinski definition) is 2. The fourth-order valence-electron chi connectivity index (χ4n) is 3.44. The van der Waals surface area contributed by atoms with E-state index in [1.54, 1.807) is 4.90 Å². The lowest BCUT2D eigenvalue weighted by atomic mass is 9.95. The fourth-order valence-corrected chi connectivity index (χ4v) is 3.44. The molecule has 2 N–H and O–H groups in total. The normalized spacial score (nSPS) is 28.0. The summed E-state index contributed by atoms with van der Waals surface area (Å²) in [5, 5.41) is 12.0. The molecule has 2 rings (SSSR count). The Hall–Kier alpha value is -1.59. The summed E-state index contributed by atoms with van der Waals surface area (Å²) in [6.45, 7) is 7.25. The maximum atomic E-state index is 12.5. The van der Waals surface area contributed by atoms with Gasteiger partial charge in [0.05, 0.1) is 11.8 Å². The van der Waals surface area contributed by atoms with Crippen LogP contribution in [0, 0.1) is 23.2 Å². The number of carbonyl (C=O) groups excluding carboxylic acids is 2. The molecule has 1 aliphatic carbocycles. The first-order valence-electron chi connectivity index (χ1n) is 7.60. The van der Waals surface area contributed by atoms with Crippen LogP contribution in [0.5, 0.6) is 0 Å². The molecule has 2 atom stereocenters. The molecule has 1 saturated heterocycles. The molecule has 0 aromatic rings. The molecule has 0 radical (unpaired) electrons. The molecular formula is C15H24N2O4. The van der Waals surface area contributed by atoms with Crippen LogP contribution in [0.2, 0.25) is 0 Å².